The highest BCUT2D eigenvalue weighted by atomic mass is 16.5. The Morgan fingerprint density at radius 1 is 1.33 bits per heavy atom. The first-order chi connectivity index (χ1) is 10.2. The van der Waals surface area contributed by atoms with E-state index in [1.165, 1.54) is 50.9 Å². The Morgan fingerprint density at radius 2 is 2.05 bits per heavy atom. The molecule has 0 spiro atoms. The highest BCUT2D eigenvalue weighted by molar-refractivity contribution is 5.35. The Bertz CT molecular complexity index is 437. The minimum absolute atomic E-state index is 0.407. The molecular weight excluding hydrogens is 260 g/mol. The van der Waals surface area contributed by atoms with Crippen LogP contribution in [-0.4, -0.2) is 36.6 Å². The lowest BCUT2D eigenvalue weighted by Gasteiger charge is -2.32. The Hall–Kier alpha value is -1.09. The van der Waals surface area contributed by atoms with Gasteiger partial charge >= 0.3 is 0 Å². The van der Waals surface area contributed by atoms with Gasteiger partial charge in [-0.15, -0.1) is 0 Å². The zero-order chi connectivity index (χ0) is 15.2. The molecule has 0 saturated carbocycles. The summed E-state index contributed by atoms with van der Waals surface area (Å²) < 4.78 is 5.54. The second-order valence-corrected chi connectivity index (χ2v) is 6.48. The molecule has 2 rings (SSSR count). The number of likely N-dealkylation sites (tertiary alicyclic amines) is 1. The zero-order valence-electron chi connectivity index (χ0n) is 14.1. The van der Waals surface area contributed by atoms with E-state index in [4.69, 9.17) is 4.74 Å². The number of unbranched alkanes of at least 4 members (excludes halogenated alkanes) is 1. The molecule has 0 N–H and O–H groups in total. The molecular formula is C18H30N2O. The van der Waals surface area contributed by atoms with Gasteiger partial charge in [0.15, 0.2) is 0 Å². The van der Waals surface area contributed by atoms with E-state index in [1.54, 1.807) is 7.11 Å². The van der Waals surface area contributed by atoms with Crippen LogP contribution < -0.4 is 4.74 Å². The maximum Gasteiger partial charge on any atom is 0.140 e. The van der Waals surface area contributed by atoms with Crippen molar-refractivity contribution < 1.29 is 4.74 Å². The van der Waals surface area contributed by atoms with E-state index in [0.717, 1.165) is 11.4 Å². The molecule has 1 aliphatic rings. The lowest BCUT2D eigenvalue weighted by atomic mass is 9.89. The van der Waals surface area contributed by atoms with Gasteiger partial charge in [-0.3, -0.25) is 4.98 Å². The number of piperidine rings is 1. The quantitative estimate of drug-likeness (QED) is 0.785. The Balaban J connectivity index is 2.00. The summed E-state index contributed by atoms with van der Waals surface area (Å²) in [7, 11) is 1.75. The lowest BCUT2D eigenvalue weighted by Crippen LogP contribution is -2.33. The molecule has 1 saturated heterocycles. The van der Waals surface area contributed by atoms with E-state index in [9.17, 15) is 0 Å². The van der Waals surface area contributed by atoms with Crippen molar-refractivity contribution in [1.82, 2.24) is 9.88 Å². The van der Waals surface area contributed by atoms with Gasteiger partial charge in [-0.05, 0) is 62.4 Å². The van der Waals surface area contributed by atoms with Crippen LogP contribution in [-0.2, 0) is 0 Å². The fourth-order valence-electron chi connectivity index (χ4n) is 3.16. The van der Waals surface area contributed by atoms with Gasteiger partial charge in [0.1, 0.15) is 5.75 Å². The number of ether oxygens (including phenoxy) is 1. The largest absolute Gasteiger partial charge is 0.495 e. The van der Waals surface area contributed by atoms with Crippen molar-refractivity contribution >= 4 is 0 Å². The smallest absolute Gasteiger partial charge is 0.140 e. The van der Waals surface area contributed by atoms with Crippen LogP contribution in [0.1, 0.15) is 69.5 Å². The van der Waals surface area contributed by atoms with Crippen molar-refractivity contribution in [2.75, 3.05) is 26.7 Å². The van der Waals surface area contributed by atoms with E-state index in [0.29, 0.717) is 11.8 Å². The van der Waals surface area contributed by atoms with Crippen LogP contribution in [0.25, 0.3) is 0 Å². The number of pyridine rings is 1. The molecule has 1 aliphatic heterocycles. The van der Waals surface area contributed by atoms with Crippen molar-refractivity contribution in [3.8, 4) is 5.75 Å². The molecule has 0 atom stereocenters. The number of nitrogens with zero attached hydrogens (tertiary/aromatic N) is 2. The molecule has 21 heavy (non-hydrogen) atoms. The Labute approximate surface area is 129 Å². The molecule has 0 aromatic carbocycles. The molecule has 0 radical (unpaired) electrons. The second kappa shape index (κ2) is 7.79. The lowest BCUT2D eigenvalue weighted by molar-refractivity contribution is 0.209. The molecule has 1 fully saturated rings. The second-order valence-electron chi connectivity index (χ2n) is 6.48. The van der Waals surface area contributed by atoms with Crippen molar-refractivity contribution in [3.05, 3.63) is 23.5 Å². The summed E-state index contributed by atoms with van der Waals surface area (Å²) in [5.74, 6) is 2.01. The minimum Gasteiger partial charge on any atom is -0.495 e. The van der Waals surface area contributed by atoms with Gasteiger partial charge in [-0.1, -0.05) is 27.2 Å². The number of hydrogen-bond acceptors (Lipinski definition) is 3. The predicted molar refractivity (Wildman–Crippen MR) is 88.2 cm³/mol. The van der Waals surface area contributed by atoms with Crippen LogP contribution in [0.4, 0.5) is 0 Å². The van der Waals surface area contributed by atoms with Gasteiger partial charge in [0.2, 0.25) is 0 Å². The maximum atomic E-state index is 5.54. The highest BCUT2D eigenvalue weighted by Gasteiger charge is 2.22. The third-order valence-electron chi connectivity index (χ3n) is 4.56. The van der Waals surface area contributed by atoms with Crippen molar-refractivity contribution in [1.29, 1.82) is 0 Å². The van der Waals surface area contributed by atoms with Gasteiger partial charge in [-0.25, -0.2) is 0 Å². The number of methoxy groups -OCH3 is 1. The van der Waals surface area contributed by atoms with Crippen LogP contribution in [0.5, 0.6) is 5.75 Å². The summed E-state index contributed by atoms with van der Waals surface area (Å²) in [6.45, 7) is 10.3. The molecule has 3 heteroatoms. The van der Waals surface area contributed by atoms with E-state index >= 15 is 0 Å². The van der Waals surface area contributed by atoms with Crippen LogP contribution in [0.2, 0.25) is 0 Å². The average molecular weight is 290 g/mol. The maximum absolute atomic E-state index is 5.54. The van der Waals surface area contributed by atoms with Crippen LogP contribution in [0, 0.1) is 0 Å². The summed E-state index contributed by atoms with van der Waals surface area (Å²) in [6.07, 6.45) is 7.18. The van der Waals surface area contributed by atoms with Gasteiger partial charge in [0.25, 0.3) is 0 Å². The monoisotopic (exact) mass is 290 g/mol. The third-order valence-corrected chi connectivity index (χ3v) is 4.56. The molecule has 0 amide bonds. The minimum atomic E-state index is 0.407. The molecule has 3 nitrogen and oxygen atoms in total. The van der Waals surface area contributed by atoms with Crippen molar-refractivity contribution in [2.45, 2.75) is 58.3 Å². The average Bonchev–Trinajstić information content (AvgIpc) is 2.52. The van der Waals surface area contributed by atoms with Gasteiger partial charge < -0.3 is 9.64 Å². The molecule has 0 unspecified atom stereocenters. The number of rotatable bonds is 6. The van der Waals surface area contributed by atoms with E-state index in [1.807, 2.05) is 0 Å². The highest BCUT2D eigenvalue weighted by Crippen LogP contribution is 2.32. The standard InChI is InChI=1S/C18H30N2O/c1-5-6-9-20-10-7-15(8-11-20)16-12-17(21-4)18(14(2)3)19-13-16/h12-15H,5-11H2,1-4H3. The predicted octanol–water partition coefficient (Wildman–Crippen LogP) is 4.19. The van der Waals surface area contributed by atoms with Gasteiger partial charge in [0.05, 0.1) is 12.8 Å². The van der Waals surface area contributed by atoms with E-state index in [-0.39, 0.29) is 0 Å². The molecule has 1 aromatic rings. The molecule has 2 heterocycles. The van der Waals surface area contributed by atoms with E-state index in [2.05, 4.69) is 42.9 Å². The fraction of sp³-hybridized carbons (Fsp3) is 0.722. The number of aromatic nitrogens is 1. The van der Waals surface area contributed by atoms with Crippen molar-refractivity contribution in [3.63, 3.8) is 0 Å². The molecule has 1 aromatic heterocycles. The summed E-state index contributed by atoms with van der Waals surface area (Å²) in [5.41, 5.74) is 2.42. The first-order valence-electron chi connectivity index (χ1n) is 8.41. The molecule has 0 bridgehead atoms. The van der Waals surface area contributed by atoms with Crippen LogP contribution in [0.3, 0.4) is 0 Å². The number of hydrogen-bond donors (Lipinski definition) is 0. The molecule has 118 valence electrons. The summed E-state index contributed by atoms with van der Waals surface area (Å²) in [6, 6.07) is 2.22. The Morgan fingerprint density at radius 3 is 2.62 bits per heavy atom. The third kappa shape index (κ3) is 4.19. The summed E-state index contributed by atoms with van der Waals surface area (Å²) in [5, 5.41) is 0. The first kappa shape index (κ1) is 16.3. The van der Waals surface area contributed by atoms with Crippen LogP contribution >= 0.6 is 0 Å². The SMILES string of the molecule is CCCCN1CCC(c2cnc(C(C)C)c(OC)c2)CC1. The summed E-state index contributed by atoms with van der Waals surface area (Å²) in [4.78, 5) is 7.26. The molecule has 0 aliphatic carbocycles. The fourth-order valence-corrected chi connectivity index (χ4v) is 3.16. The topological polar surface area (TPSA) is 25.4 Å². The van der Waals surface area contributed by atoms with Gasteiger partial charge in [0, 0.05) is 6.20 Å². The first-order valence-corrected chi connectivity index (χ1v) is 8.41. The Kier molecular flexibility index (Phi) is 6.04. The summed E-state index contributed by atoms with van der Waals surface area (Å²) >= 11 is 0. The van der Waals surface area contributed by atoms with Crippen molar-refractivity contribution in [2.24, 2.45) is 0 Å². The normalized spacial score (nSPS) is 17.4. The van der Waals surface area contributed by atoms with E-state index < -0.39 is 0 Å². The zero-order valence-corrected chi connectivity index (χ0v) is 14.1. The van der Waals surface area contributed by atoms with Crippen LogP contribution in [0.15, 0.2) is 12.3 Å². The van der Waals surface area contributed by atoms with Gasteiger partial charge in [-0.2, -0.15) is 0 Å².